The van der Waals surface area contributed by atoms with Crippen molar-refractivity contribution in [1.29, 1.82) is 0 Å². The topological polar surface area (TPSA) is 3.24 Å². The van der Waals surface area contributed by atoms with Gasteiger partial charge < -0.3 is 4.90 Å². The molecule has 0 atom stereocenters. The SMILES string of the molecule is c1ccc(N(c2ccc(-c3cccc4c3-c3ccccc3C4(c3ccccc3)c3ccccc3)cc2)c2cccc(-c3cccc4ccccc34)c2)cc1. The Morgan fingerprint density at radius 2 is 0.833 bits per heavy atom. The van der Waals surface area contributed by atoms with Gasteiger partial charge in [-0.2, -0.15) is 0 Å². The number of hydrogen-bond donors (Lipinski definition) is 0. The van der Waals surface area contributed by atoms with Crippen molar-refractivity contribution in [2.45, 2.75) is 5.41 Å². The smallest absolute Gasteiger partial charge is 0.0713 e. The Labute approximate surface area is 317 Å². The first-order valence-electron chi connectivity index (χ1n) is 18.7. The first-order chi connectivity index (χ1) is 26.8. The van der Waals surface area contributed by atoms with Gasteiger partial charge in [-0.3, -0.25) is 0 Å². The Bertz CT molecular complexity index is 2700. The maximum absolute atomic E-state index is 2.36. The molecule has 9 aromatic rings. The third-order valence-corrected chi connectivity index (χ3v) is 11.1. The highest BCUT2D eigenvalue weighted by Crippen LogP contribution is 2.58. The van der Waals surface area contributed by atoms with Crippen LogP contribution in [0.5, 0.6) is 0 Å². The predicted molar refractivity (Wildman–Crippen MR) is 227 cm³/mol. The van der Waals surface area contributed by atoms with E-state index in [0.29, 0.717) is 0 Å². The van der Waals surface area contributed by atoms with Crippen molar-refractivity contribution >= 4 is 27.8 Å². The van der Waals surface area contributed by atoms with Crippen LogP contribution < -0.4 is 4.90 Å². The van der Waals surface area contributed by atoms with Crippen LogP contribution in [0.15, 0.2) is 224 Å². The summed E-state index contributed by atoms with van der Waals surface area (Å²) in [5.41, 5.74) is 15.6. The van der Waals surface area contributed by atoms with Gasteiger partial charge in [0.15, 0.2) is 0 Å². The van der Waals surface area contributed by atoms with E-state index in [4.69, 9.17) is 0 Å². The molecule has 0 unspecified atom stereocenters. The molecule has 0 amide bonds. The summed E-state index contributed by atoms with van der Waals surface area (Å²) in [6.45, 7) is 0. The van der Waals surface area contributed by atoms with E-state index in [1.54, 1.807) is 0 Å². The molecule has 0 saturated carbocycles. The second kappa shape index (κ2) is 13.2. The normalized spacial score (nSPS) is 12.6. The van der Waals surface area contributed by atoms with Crippen molar-refractivity contribution in [2.75, 3.05) is 4.90 Å². The van der Waals surface area contributed by atoms with Crippen LogP contribution in [-0.4, -0.2) is 0 Å². The highest BCUT2D eigenvalue weighted by molar-refractivity contribution is 5.98. The van der Waals surface area contributed by atoms with Gasteiger partial charge in [0.1, 0.15) is 0 Å². The van der Waals surface area contributed by atoms with Crippen molar-refractivity contribution in [2.24, 2.45) is 0 Å². The fourth-order valence-electron chi connectivity index (χ4n) is 8.84. The lowest BCUT2D eigenvalue weighted by Crippen LogP contribution is -2.28. The van der Waals surface area contributed by atoms with Gasteiger partial charge in [0.05, 0.1) is 5.41 Å². The largest absolute Gasteiger partial charge is 0.310 e. The number of benzene rings is 9. The molecule has 0 bridgehead atoms. The molecule has 254 valence electrons. The van der Waals surface area contributed by atoms with Crippen LogP contribution in [0, 0.1) is 0 Å². The zero-order valence-electron chi connectivity index (χ0n) is 29.8. The number of nitrogens with zero attached hydrogens (tertiary/aromatic N) is 1. The maximum Gasteiger partial charge on any atom is 0.0713 e. The van der Waals surface area contributed by atoms with Crippen molar-refractivity contribution in [3.63, 3.8) is 0 Å². The van der Waals surface area contributed by atoms with E-state index >= 15 is 0 Å². The summed E-state index contributed by atoms with van der Waals surface area (Å²) in [5, 5.41) is 2.50. The Hall–Kier alpha value is -6.96. The molecule has 1 heteroatoms. The number of para-hydroxylation sites is 1. The highest BCUT2D eigenvalue weighted by Gasteiger charge is 2.46. The minimum absolute atomic E-state index is 0.427. The molecule has 1 aliphatic rings. The van der Waals surface area contributed by atoms with E-state index in [1.807, 2.05) is 0 Å². The standard InChI is InChI=1S/C53H37N/c1-4-20-41(21-5-1)53(42-22-6-2-7-23-42)50-31-13-12-28-49(50)52-48(30-16-32-51(52)53)39-33-35-44(36-34-39)54(43-24-8-3-9-25-43)45-26-14-19-40(37-45)47-29-15-18-38-17-10-11-27-46(38)47/h1-37H. The lowest BCUT2D eigenvalue weighted by Gasteiger charge is -2.34. The number of fused-ring (bicyclic) bond motifs is 4. The van der Waals surface area contributed by atoms with Crippen molar-refractivity contribution in [1.82, 2.24) is 0 Å². The summed E-state index contributed by atoms with van der Waals surface area (Å²) in [4.78, 5) is 2.36. The van der Waals surface area contributed by atoms with E-state index in [-0.39, 0.29) is 0 Å². The third kappa shape index (κ3) is 5.09. The quantitative estimate of drug-likeness (QED) is 0.161. The summed E-state index contributed by atoms with van der Waals surface area (Å²) >= 11 is 0. The zero-order chi connectivity index (χ0) is 35.9. The van der Waals surface area contributed by atoms with Gasteiger partial charge >= 0.3 is 0 Å². The zero-order valence-corrected chi connectivity index (χ0v) is 29.8. The molecule has 1 aliphatic carbocycles. The number of anilines is 3. The average molecular weight is 688 g/mol. The summed E-state index contributed by atoms with van der Waals surface area (Å²) in [6, 6.07) is 81.8. The molecule has 0 spiro atoms. The van der Waals surface area contributed by atoms with Gasteiger partial charge in [0, 0.05) is 17.1 Å². The molecule has 0 aromatic heterocycles. The lowest BCUT2D eigenvalue weighted by molar-refractivity contribution is 0.768. The summed E-state index contributed by atoms with van der Waals surface area (Å²) < 4.78 is 0. The Balaban J connectivity index is 1.11. The van der Waals surface area contributed by atoms with Crippen LogP contribution in [0.25, 0.3) is 44.2 Å². The molecule has 0 aliphatic heterocycles. The van der Waals surface area contributed by atoms with Gasteiger partial charge in [-0.25, -0.2) is 0 Å². The van der Waals surface area contributed by atoms with Gasteiger partial charge in [0.25, 0.3) is 0 Å². The molecular weight excluding hydrogens is 651 g/mol. The van der Waals surface area contributed by atoms with E-state index in [9.17, 15) is 0 Å². The van der Waals surface area contributed by atoms with Crippen molar-refractivity contribution < 1.29 is 0 Å². The number of hydrogen-bond acceptors (Lipinski definition) is 1. The monoisotopic (exact) mass is 687 g/mol. The van der Waals surface area contributed by atoms with Gasteiger partial charge in [-0.1, -0.05) is 188 Å². The van der Waals surface area contributed by atoms with Crippen LogP contribution in [-0.2, 0) is 5.41 Å². The predicted octanol–water partition coefficient (Wildman–Crippen LogP) is 14.0. The van der Waals surface area contributed by atoms with Gasteiger partial charge in [-0.05, 0) is 103 Å². The van der Waals surface area contributed by atoms with Crippen LogP contribution in [0.1, 0.15) is 22.3 Å². The minimum atomic E-state index is -0.427. The Kier molecular flexibility index (Phi) is 7.78. The first kappa shape index (κ1) is 31.7. The average Bonchev–Trinajstić information content (AvgIpc) is 3.56. The van der Waals surface area contributed by atoms with Gasteiger partial charge in [-0.15, -0.1) is 0 Å². The van der Waals surface area contributed by atoms with Crippen LogP contribution in [0.3, 0.4) is 0 Å². The molecule has 54 heavy (non-hydrogen) atoms. The van der Waals surface area contributed by atoms with Crippen molar-refractivity contribution in [3.05, 3.63) is 247 Å². The Morgan fingerprint density at radius 1 is 0.315 bits per heavy atom. The summed E-state index contributed by atoms with van der Waals surface area (Å²) in [7, 11) is 0. The third-order valence-electron chi connectivity index (χ3n) is 11.1. The molecule has 0 heterocycles. The molecule has 0 radical (unpaired) electrons. The molecule has 1 nitrogen and oxygen atoms in total. The highest BCUT2D eigenvalue weighted by atomic mass is 15.1. The second-order valence-corrected chi connectivity index (χ2v) is 14.1. The molecule has 9 aromatic carbocycles. The van der Waals surface area contributed by atoms with Crippen LogP contribution in [0.4, 0.5) is 17.1 Å². The summed E-state index contributed by atoms with van der Waals surface area (Å²) in [6.07, 6.45) is 0. The molecule has 0 N–H and O–H groups in total. The molecule has 0 saturated heterocycles. The molecule has 10 rings (SSSR count). The minimum Gasteiger partial charge on any atom is -0.310 e. The maximum atomic E-state index is 2.36. The van der Waals surface area contributed by atoms with E-state index < -0.39 is 5.41 Å². The van der Waals surface area contributed by atoms with Crippen LogP contribution in [0.2, 0.25) is 0 Å². The van der Waals surface area contributed by atoms with Gasteiger partial charge in [0.2, 0.25) is 0 Å². The molecular formula is C53H37N. The summed E-state index contributed by atoms with van der Waals surface area (Å²) in [5.74, 6) is 0. The van der Waals surface area contributed by atoms with E-state index in [1.165, 1.54) is 66.4 Å². The van der Waals surface area contributed by atoms with Crippen LogP contribution >= 0.6 is 0 Å². The Morgan fingerprint density at radius 3 is 1.59 bits per heavy atom. The number of rotatable bonds is 7. The molecule has 0 fully saturated rings. The van der Waals surface area contributed by atoms with E-state index in [0.717, 1.165) is 17.1 Å². The first-order valence-corrected chi connectivity index (χ1v) is 18.7. The lowest BCUT2D eigenvalue weighted by atomic mass is 9.67. The van der Waals surface area contributed by atoms with Crippen molar-refractivity contribution in [3.8, 4) is 33.4 Å². The fraction of sp³-hybridized carbons (Fsp3) is 0.0189. The fourth-order valence-corrected chi connectivity index (χ4v) is 8.84. The second-order valence-electron chi connectivity index (χ2n) is 14.1. The van der Waals surface area contributed by atoms with E-state index in [2.05, 4.69) is 229 Å².